The molecule has 5 nitrogen and oxygen atoms in total. The first-order valence-electron chi connectivity index (χ1n) is 6.68. The van der Waals surface area contributed by atoms with E-state index in [1.54, 1.807) is 25.2 Å². The minimum absolute atomic E-state index is 0.109. The predicted molar refractivity (Wildman–Crippen MR) is 76.3 cm³/mol. The van der Waals surface area contributed by atoms with Crippen LogP contribution in [-0.2, 0) is 4.74 Å². The van der Waals surface area contributed by atoms with Crippen molar-refractivity contribution in [1.82, 2.24) is 5.32 Å². The van der Waals surface area contributed by atoms with Crippen molar-refractivity contribution in [2.45, 2.75) is 25.4 Å². The van der Waals surface area contributed by atoms with Gasteiger partial charge in [-0.3, -0.25) is 4.79 Å². The molecule has 1 fully saturated rings. The third-order valence-corrected chi connectivity index (χ3v) is 3.35. The molecule has 0 spiro atoms. The minimum atomic E-state index is -0.109. The Labute approximate surface area is 113 Å². The van der Waals surface area contributed by atoms with E-state index in [2.05, 4.69) is 10.6 Å². The quantitative estimate of drug-likeness (QED) is 0.705. The summed E-state index contributed by atoms with van der Waals surface area (Å²) < 4.78 is 5.57. The third kappa shape index (κ3) is 3.61. The first kappa shape index (κ1) is 13.7. The monoisotopic (exact) mass is 263 g/mol. The van der Waals surface area contributed by atoms with Crippen LogP contribution in [0.4, 0.5) is 11.4 Å². The highest BCUT2D eigenvalue weighted by Gasteiger charge is 2.15. The Kier molecular flexibility index (Phi) is 4.63. The summed E-state index contributed by atoms with van der Waals surface area (Å²) in [6.45, 7) is 1.67. The fourth-order valence-corrected chi connectivity index (χ4v) is 2.23. The summed E-state index contributed by atoms with van der Waals surface area (Å²) >= 11 is 0. The van der Waals surface area contributed by atoms with Crippen LogP contribution >= 0.6 is 0 Å². The molecule has 1 aromatic carbocycles. The van der Waals surface area contributed by atoms with Gasteiger partial charge in [-0.2, -0.15) is 0 Å². The molecule has 0 bridgehead atoms. The van der Waals surface area contributed by atoms with Crippen LogP contribution in [0.3, 0.4) is 0 Å². The zero-order valence-electron chi connectivity index (χ0n) is 11.2. The summed E-state index contributed by atoms with van der Waals surface area (Å²) in [6, 6.07) is 5.25. The van der Waals surface area contributed by atoms with Crippen LogP contribution in [0.5, 0.6) is 0 Å². The standard InChI is InChI=1S/C14H21N3O2/c1-16-14(18)10-4-5-12(15)13(9-10)17-7-6-11-3-2-8-19-11/h4-5,9,11,17H,2-3,6-8,15H2,1H3,(H,16,18). The van der Waals surface area contributed by atoms with Gasteiger partial charge in [0.05, 0.1) is 17.5 Å². The second kappa shape index (κ2) is 6.43. The lowest BCUT2D eigenvalue weighted by Crippen LogP contribution is -2.18. The summed E-state index contributed by atoms with van der Waals surface area (Å²) in [5, 5.41) is 5.88. The topological polar surface area (TPSA) is 76.4 Å². The molecular weight excluding hydrogens is 242 g/mol. The largest absolute Gasteiger partial charge is 0.397 e. The van der Waals surface area contributed by atoms with Crippen LogP contribution in [0.2, 0.25) is 0 Å². The lowest BCUT2D eigenvalue weighted by atomic mass is 10.1. The Balaban J connectivity index is 1.92. The Morgan fingerprint density at radius 2 is 2.37 bits per heavy atom. The molecule has 1 aromatic rings. The van der Waals surface area contributed by atoms with Crippen molar-refractivity contribution in [3.05, 3.63) is 23.8 Å². The lowest BCUT2D eigenvalue weighted by Gasteiger charge is -2.13. The molecule has 0 radical (unpaired) electrons. The number of carbonyl (C=O) groups excluding carboxylic acids is 1. The molecule has 19 heavy (non-hydrogen) atoms. The van der Waals surface area contributed by atoms with Gasteiger partial charge in [0, 0.05) is 25.8 Å². The molecule has 1 amide bonds. The fraction of sp³-hybridized carbons (Fsp3) is 0.500. The van der Waals surface area contributed by atoms with Crippen LogP contribution in [0.15, 0.2) is 18.2 Å². The molecule has 1 aliphatic rings. The summed E-state index contributed by atoms with van der Waals surface area (Å²) in [6.07, 6.45) is 3.61. The highest BCUT2D eigenvalue weighted by molar-refractivity contribution is 5.96. The number of amides is 1. The average molecular weight is 263 g/mol. The molecule has 4 N–H and O–H groups in total. The van der Waals surface area contributed by atoms with Gasteiger partial charge < -0.3 is 21.1 Å². The van der Waals surface area contributed by atoms with Gasteiger partial charge >= 0.3 is 0 Å². The van der Waals surface area contributed by atoms with Crippen molar-refractivity contribution in [3.63, 3.8) is 0 Å². The van der Waals surface area contributed by atoms with Crippen molar-refractivity contribution in [3.8, 4) is 0 Å². The summed E-state index contributed by atoms with van der Waals surface area (Å²) in [5.74, 6) is -0.109. The third-order valence-electron chi connectivity index (χ3n) is 3.35. The summed E-state index contributed by atoms with van der Waals surface area (Å²) in [7, 11) is 1.61. The maximum atomic E-state index is 11.6. The van der Waals surface area contributed by atoms with Crippen LogP contribution in [0.1, 0.15) is 29.6 Å². The lowest BCUT2D eigenvalue weighted by molar-refractivity contribution is 0.0963. The number of anilines is 2. The van der Waals surface area contributed by atoms with Gasteiger partial charge in [-0.25, -0.2) is 0 Å². The molecule has 5 heteroatoms. The second-order valence-electron chi connectivity index (χ2n) is 4.73. The SMILES string of the molecule is CNC(=O)c1ccc(N)c(NCCC2CCCO2)c1. The maximum absolute atomic E-state index is 11.6. The van der Waals surface area contributed by atoms with Crippen LogP contribution < -0.4 is 16.4 Å². The smallest absolute Gasteiger partial charge is 0.251 e. The van der Waals surface area contributed by atoms with E-state index < -0.39 is 0 Å². The molecule has 0 aromatic heterocycles. The predicted octanol–water partition coefficient (Wildman–Crippen LogP) is 1.61. The number of nitrogens with one attached hydrogen (secondary N) is 2. The van der Waals surface area contributed by atoms with E-state index in [0.717, 1.165) is 38.1 Å². The number of hydrogen-bond donors (Lipinski definition) is 3. The Morgan fingerprint density at radius 3 is 3.05 bits per heavy atom. The van der Waals surface area contributed by atoms with Gasteiger partial charge in [0.25, 0.3) is 5.91 Å². The number of carbonyl (C=O) groups is 1. The molecule has 1 atom stereocenters. The highest BCUT2D eigenvalue weighted by atomic mass is 16.5. The van der Waals surface area contributed by atoms with E-state index in [1.165, 1.54) is 0 Å². The van der Waals surface area contributed by atoms with Gasteiger partial charge in [0.1, 0.15) is 0 Å². The molecule has 2 rings (SSSR count). The van der Waals surface area contributed by atoms with Crippen LogP contribution in [-0.4, -0.2) is 32.2 Å². The molecule has 0 aliphatic carbocycles. The molecule has 1 aliphatic heterocycles. The molecule has 1 saturated heterocycles. The van der Waals surface area contributed by atoms with Crippen molar-refractivity contribution in [2.24, 2.45) is 0 Å². The average Bonchev–Trinajstić information content (AvgIpc) is 2.93. The Bertz CT molecular complexity index is 442. The van der Waals surface area contributed by atoms with Crippen molar-refractivity contribution in [1.29, 1.82) is 0 Å². The minimum Gasteiger partial charge on any atom is -0.397 e. The fourth-order valence-electron chi connectivity index (χ4n) is 2.23. The first-order valence-corrected chi connectivity index (χ1v) is 6.68. The number of ether oxygens (including phenoxy) is 1. The summed E-state index contributed by atoms with van der Waals surface area (Å²) in [5.41, 5.74) is 7.97. The van der Waals surface area contributed by atoms with E-state index in [-0.39, 0.29) is 5.91 Å². The van der Waals surface area contributed by atoms with E-state index >= 15 is 0 Å². The van der Waals surface area contributed by atoms with E-state index in [9.17, 15) is 4.79 Å². The number of rotatable bonds is 5. The second-order valence-corrected chi connectivity index (χ2v) is 4.73. The number of hydrogen-bond acceptors (Lipinski definition) is 4. The number of nitrogen functional groups attached to an aromatic ring is 1. The van der Waals surface area contributed by atoms with Crippen molar-refractivity contribution < 1.29 is 9.53 Å². The van der Waals surface area contributed by atoms with Crippen LogP contribution in [0.25, 0.3) is 0 Å². The van der Waals surface area contributed by atoms with E-state index in [4.69, 9.17) is 10.5 Å². The molecule has 0 saturated carbocycles. The van der Waals surface area contributed by atoms with E-state index in [0.29, 0.717) is 17.4 Å². The highest BCUT2D eigenvalue weighted by Crippen LogP contribution is 2.21. The van der Waals surface area contributed by atoms with Crippen molar-refractivity contribution >= 4 is 17.3 Å². The van der Waals surface area contributed by atoms with Gasteiger partial charge in [0.15, 0.2) is 0 Å². The zero-order chi connectivity index (χ0) is 13.7. The van der Waals surface area contributed by atoms with Gasteiger partial charge in [-0.15, -0.1) is 0 Å². The van der Waals surface area contributed by atoms with Crippen molar-refractivity contribution in [2.75, 3.05) is 31.2 Å². The van der Waals surface area contributed by atoms with Gasteiger partial charge in [-0.1, -0.05) is 0 Å². The Hall–Kier alpha value is -1.75. The summed E-state index contributed by atoms with van der Waals surface area (Å²) in [4.78, 5) is 11.6. The Morgan fingerprint density at radius 1 is 1.53 bits per heavy atom. The number of benzene rings is 1. The maximum Gasteiger partial charge on any atom is 0.251 e. The molecule has 1 unspecified atom stereocenters. The van der Waals surface area contributed by atoms with Gasteiger partial charge in [-0.05, 0) is 37.5 Å². The van der Waals surface area contributed by atoms with Crippen LogP contribution in [0, 0.1) is 0 Å². The zero-order valence-corrected chi connectivity index (χ0v) is 11.2. The number of nitrogens with two attached hydrogens (primary N) is 1. The molecular formula is C14H21N3O2. The first-order chi connectivity index (χ1) is 9.20. The van der Waals surface area contributed by atoms with Gasteiger partial charge in [0.2, 0.25) is 0 Å². The van der Waals surface area contributed by atoms with E-state index in [1.807, 2.05) is 0 Å². The normalized spacial score (nSPS) is 18.3. The molecule has 104 valence electrons. The molecule has 1 heterocycles.